The van der Waals surface area contributed by atoms with E-state index in [2.05, 4.69) is 18.6 Å². The number of rotatable bonds is 26. The third-order valence-corrected chi connectivity index (χ3v) is 9.58. The number of ether oxygens (including phenoxy) is 1. The van der Waals surface area contributed by atoms with Crippen LogP contribution in [0.2, 0.25) is 0 Å². The molecule has 2 saturated heterocycles. The Labute approximate surface area is 307 Å². The molecule has 2 heterocycles. The molecule has 2 unspecified atom stereocenters. The van der Waals surface area contributed by atoms with Crippen LogP contribution in [0.15, 0.2) is 24.3 Å². The van der Waals surface area contributed by atoms with Gasteiger partial charge in [0.25, 0.3) is 0 Å². The number of carbonyl (C=O) groups is 6. The van der Waals surface area contributed by atoms with Crippen molar-refractivity contribution in [3.8, 4) is 0 Å². The largest absolute Gasteiger partial charge is 0.481 e. The average molecular weight is 717 g/mol. The molecule has 2 rings (SSSR count). The van der Waals surface area contributed by atoms with Crippen molar-refractivity contribution in [1.82, 2.24) is 9.80 Å². The molecule has 2 atom stereocenters. The van der Waals surface area contributed by atoms with E-state index >= 15 is 0 Å². The molecule has 51 heavy (non-hydrogen) atoms. The molecule has 2 amide bonds. The summed E-state index contributed by atoms with van der Waals surface area (Å²) in [6.45, 7) is 5.68. The molecule has 0 aromatic carbocycles. The van der Waals surface area contributed by atoms with Crippen LogP contribution in [-0.2, 0) is 33.5 Å². The highest BCUT2D eigenvalue weighted by molar-refractivity contribution is 5.90. The molecular formula is C41H68N2O8. The number of esters is 1. The van der Waals surface area contributed by atoms with Gasteiger partial charge < -0.3 is 19.6 Å². The van der Waals surface area contributed by atoms with E-state index in [1.54, 1.807) is 12.2 Å². The van der Waals surface area contributed by atoms with Gasteiger partial charge in [-0.25, -0.2) is 0 Å². The third-order valence-electron chi connectivity index (χ3n) is 9.58. The minimum Gasteiger partial charge on any atom is -0.481 e. The second kappa shape index (κ2) is 29.3. The van der Waals surface area contributed by atoms with Crippen LogP contribution < -0.4 is 0 Å². The fourth-order valence-corrected chi connectivity index (χ4v) is 6.50. The minimum absolute atomic E-state index is 0.0374. The molecule has 290 valence electrons. The van der Waals surface area contributed by atoms with Crippen molar-refractivity contribution < 1.29 is 38.6 Å². The minimum atomic E-state index is -0.750. The van der Waals surface area contributed by atoms with Crippen molar-refractivity contribution in [2.45, 2.75) is 180 Å². The summed E-state index contributed by atoms with van der Waals surface area (Å²) in [5.74, 6) is -0.229. The van der Waals surface area contributed by atoms with Crippen LogP contribution in [0.5, 0.6) is 0 Å². The van der Waals surface area contributed by atoms with E-state index in [1.165, 1.54) is 7.11 Å². The van der Waals surface area contributed by atoms with Gasteiger partial charge >= 0.3 is 11.9 Å². The van der Waals surface area contributed by atoms with E-state index in [-0.39, 0.29) is 47.9 Å². The summed E-state index contributed by atoms with van der Waals surface area (Å²) in [6, 6.07) is 0.0943. The lowest BCUT2D eigenvalue weighted by molar-refractivity contribution is -0.141. The number of allylic oxidation sites excluding steroid dienone is 2. The van der Waals surface area contributed by atoms with Crippen molar-refractivity contribution >= 4 is 35.3 Å². The standard InChI is InChI=1S/C21H35NO4.C20H33NO4/c1-3-4-7-12-19(23)16-15-18-11-10-13-20(24)22(18)17-9-6-5-8-14-21(25)26-2;1-2-3-6-11-18(22)15-14-17-10-9-12-19(23)21(17)16-8-5-4-7-13-20(24)25/h15-16,18H,3-14,17H2,1-2H3;14-15,17H,2-13,16H2,1H3,(H,24,25). The summed E-state index contributed by atoms with van der Waals surface area (Å²) in [7, 11) is 1.41. The van der Waals surface area contributed by atoms with Crippen molar-refractivity contribution in [3.05, 3.63) is 24.3 Å². The molecule has 2 aliphatic rings. The number of unbranched alkanes of at least 4 members (excludes halogenated alkanes) is 10. The monoisotopic (exact) mass is 716 g/mol. The van der Waals surface area contributed by atoms with Crippen LogP contribution in [0, 0.1) is 0 Å². The number of piperidine rings is 2. The number of carboxylic acid groups (broad SMARTS) is 1. The first-order chi connectivity index (χ1) is 24.6. The first-order valence-electron chi connectivity index (χ1n) is 19.9. The highest BCUT2D eigenvalue weighted by atomic mass is 16.5. The molecule has 0 spiro atoms. The number of ketones is 2. The van der Waals surface area contributed by atoms with E-state index in [0.29, 0.717) is 45.1 Å². The zero-order valence-electron chi connectivity index (χ0n) is 32.0. The Bertz CT molecular complexity index is 1100. The van der Waals surface area contributed by atoms with E-state index in [0.717, 1.165) is 116 Å². The zero-order chi connectivity index (χ0) is 37.7. The number of nitrogens with zero attached hydrogens (tertiary/aromatic N) is 2. The van der Waals surface area contributed by atoms with Crippen LogP contribution in [-0.4, -0.2) is 82.5 Å². The van der Waals surface area contributed by atoms with Crippen LogP contribution >= 0.6 is 0 Å². The molecule has 1 N–H and O–H groups in total. The van der Waals surface area contributed by atoms with Crippen molar-refractivity contribution in [3.63, 3.8) is 0 Å². The van der Waals surface area contributed by atoms with E-state index in [4.69, 9.17) is 5.11 Å². The molecule has 10 nitrogen and oxygen atoms in total. The number of likely N-dealkylation sites (tertiary alicyclic amines) is 2. The summed E-state index contributed by atoms with van der Waals surface area (Å²) in [4.78, 5) is 73.7. The Kier molecular flexibility index (Phi) is 26.3. The van der Waals surface area contributed by atoms with Crippen LogP contribution in [0.3, 0.4) is 0 Å². The summed E-state index contributed by atoms with van der Waals surface area (Å²) >= 11 is 0. The molecule has 2 fully saturated rings. The lowest BCUT2D eigenvalue weighted by Gasteiger charge is -2.34. The second-order valence-corrected chi connectivity index (χ2v) is 14.0. The van der Waals surface area contributed by atoms with Gasteiger partial charge in [0.05, 0.1) is 19.2 Å². The van der Waals surface area contributed by atoms with Crippen LogP contribution in [0.4, 0.5) is 0 Å². The lowest BCUT2D eigenvalue weighted by Crippen LogP contribution is -2.43. The smallest absolute Gasteiger partial charge is 0.305 e. The summed E-state index contributed by atoms with van der Waals surface area (Å²) in [5.41, 5.74) is 0. The highest BCUT2D eigenvalue weighted by Crippen LogP contribution is 2.22. The van der Waals surface area contributed by atoms with Crippen molar-refractivity contribution in [1.29, 1.82) is 0 Å². The predicted octanol–water partition coefficient (Wildman–Crippen LogP) is 8.30. The van der Waals surface area contributed by atoms with Gasteiger partial charge in [-0.05, 0) is 76.4 Å². The van der Waals surface area contributed by atoms with Gasteiger partial charge in [-0.2, -0.15) is 0 Å². The Morgan fingerprint density at radius 3 is 1.45 bits per heavy atom. The molecule has 0 aliphatic carbocycles. The molecular weight excluding hydrogens is 648 g/mol. The first kappa shape index (κ1) is 45.7. The predicted molar refractivity (Wildman–Crippen MR) is 201 cm³/mol. The molecule has 0 bridgehead atoms. The Morgan fingerprint density at radius 2 is 1.04 bits per heavy atom. The number of hydrogen-bond acceptors (Lipinski definition) is 7. The fraction of sp³-hybridized carbons (Fsp3) is 0.756. The molecule has 0 radical (unpaired) electrons. The van der Waals surface area contributed by atoms with Gasteiger partial charge in [-0.1, -0.05) is 77.4 Å². The number of aliphatic carboxylic acids is 1. The summed E-state index contributed by atoms with van der Waals surface area (Å²) in [5, 5.41) is 8.63. The average Bonchev–Trinajstić information content (AvgIpc) is 3.11. The Hall–Kier alpha value is -3.30. The van der Waals surface area contributed by atoms with E-state index in [1.807, 2.05) is 22.0 Å². The number of hydrogen-bond donors (Lipinski definition) is 1. The summed E-state index contributed by atoms with van der Waals surface area (Å²) in [6.07, 6.45) is 27.3. The van der Waals surface area contributed by atoms with Gasteiger partial charge in [-0.15, -0.1) is 0 Å². The van der Waals surface area contributed by atoms with Crippen LogP contribution in [0.25, 0.3) is 0 Å². The molecule has 10 heteroatoms. The van der Waals surface area contributed by atoms with Gasteiger partial charge in [-0.3, -0.25) is 28.8 Å². The van der Waals surface area contributed by atoms with Gasteiger partial charge in [0.15, 0.2) is 11.6 Å². The van der Waals surface area contributed by atoms with E-state index in [9.17, 15) is 28.8 Å². The molecule has 0 aromatic rings. The van der Waals surface area contributed by atoms with Gasteiger partial charge in [0, 0.05) is 51.6 Å². The fourth-order valence-electron chi connectivity index (χ4n) is 6.50. The third kappa shape index (κ3) is 22.3. The lowest BCUT2D eigenvalue weighted by atomic mass is 9.99. The quantitative estimate of drug-likeness (QED) is 0.0536. The van der Waals surface area contributed by atoms with Crippen molar-refractivity contribution in [2.75, 3.05) is 20.2 Å². The topological polar surface area (TPSA) is 138 Å². The van der Waals surface area contributed by atoms with E-state index < -0.39 is 5.97 Å². The maximum Gasteiger partial charge on any atom is 0.305 e. The molecule has 2 aliphatic heterocycles. The van der Waals surface area contributed by atoms with Crippen molar-refractivity contribution in [2.24, 2.45) is 0 Å². The first-order valence-corrected chi connectivity index (χ1v) is 19.9. The van der Waals surface area contributed by atoms with Gasteiger partial charge in [0.2, 0.25) is 11.8 Å². The normalized spacial score (nSPS) is 17.9. The Morgan fingerprint density at radius 1 is 0.627 bits per heavy atom. The molecule has 0 aromatic heterocycles. The SMILES string of the molecule is CCCCCC(=O)C=CC1CCCC(=O)N1CCCCCCC(=O)O.CCCCCC(=O)C=CC1CCCC(=O)N1CCCCCCC(=O)OC. The van der Waals surface area contributed by atoms with Crippen LogP contribution in [0.1, 0.15) is 168 Å². The number of carboxylic acids is 1. The Balaban J connectivity index is 0.000000510. The maximum atomic E-state index is 12.3. The second-order valence-electron chi connectivity index (χ2n) is 14.0. The zero-order valence-corrected chi connectivity index (χ0v) is 32.0. The highest BCUT2D eigenvalue weighted by Gasteiger charge is 2.26. The number of methoxy groups -OCH3 is 1. The number of amides is 2. The maximum absolute atomic E-state index is 12.3. The molecule has 0 saturated carbocycles. The van der Waals surface area contributed by atoms with Gasteiger partial charge in [0.1, 0.15) is 0 Å². The summed E-state index contributed by atoms with van der Waals surface area (Å²) < 4.78 is 4.63. The number of carbonyl (C=O) groups excluding carboxylic acids is 5.